The average molecular weight is 260 g/mol. The van der Waals surface area contributed by atoms with E-state index in [2.05, 4.69) is 18.2 Å². The number of hydrogen-bond acceptors (Lipinski definition) is 2. The van der Waals surface area contributed by atoms with Crippen molar-refractivity contribution < 1.29 is 10.2 Å². The van der Waals surface area contributed by atoms with E-state index in [1.807, 2.05) is 30.3 Å². The molecule has 0 unspecified atom stereocenters. The zero-order valence-electron chi connectivity index (χ0n) is 10.7. The van der Waals surface area contributed by atoms with Crippen molar-refractivity contribution in [1.82, 2.24) is 0 Å². The van der Waals surface area contributed by atoms with Crippen molar-refractivity contribution >= 4 is 32.3 Å². The molecule has 4 aromatic carbocycles. The minimum absolute atomic E-state index is 0.188. The molecule has 0 saturated carbocycles. The summed E-state index contributed by atoms with van der Waals surface area (Å²) in [5.41, 5.74) is 0. The fourth-order valence-corrected chi connectivity index (χ4v) is 2.83. The van der Waals surface area contributed by atoms with Gasteiger partial charge in [0.05, 0.1) is 0 Å². The highest BCUT2D eigenvalue weighted by molar-refractivity contribution is 6.15. The van der Waals surface area contributed by atoms with Crippen LogP contribution in [0.2, 0.25) is 0 Å². The van der Waals surface area contributed by atoms with Crippen LogP contribution in [0.5, 0.6) is 11.5 Å². The average Bonchev–Trinajstić information content (AvgIpc) is 2.48. The van der Waals surface area contributed by atoms with Crippen LogP contribution < -0.4 is 0 Å². The van der Waals surface area contributed by atoms with Crippen molar-refractivity contribution in [1.29, 1.82) is 0 Å². The predicted octanol–water partition coefficient (Wildman–Crippen LogP) is 4.56. The van der Waals surface area contributed by atoms with Crippen LogP contribution in [0.25, 0.3) is 32.3 Å². The zero-order valence-corrected chi connectivity index (χ0v) is 10.7. The summed E-state index contributed by atoms with van der Waals surface area (Å²) >= 11 is 0. The van der Waals surface area contributed by atoms with Gasteiger partial charge in [-0.2, -0.15) is 0 Å². The largest absolute Gasteiger partial charge is 0.507 e. The van der Waals surface area contributed by atoms with Crippen molar-refractivity contribution in [2.45, 2.75) is 0 Å². The summed E-state index contributed by atoms with van der Waals surface area (Å²) in [7, 11) is 0. The van der Waals surface area contributed by atoms with E-state index in [9.17, 15) is 10.2 Å². The molecular formula is C18H12O2. The first-order valence-corrected chi connectivity index (χ1v) is 6.50. The Morgan fingerprint density at radius 3 is 2.05 bits per heavy atom. The van der Waals surface area contributed by atoms with E-state index in [0.29, 0.717) is 10.8 Å². The highest BCUT2D eigenvalue weighted by atomic mass is 16.3. The Hall–Kier alpha value is -2.74. The third-order valence-electron chi connectivity index (χ3n) is 3.82. The van der Waals surface area contributed by atoms with E-state index in [-0.39, 0.29) is 11.5 Å². The van der Waals surface area contributed by atoms with Crippen molar-refractivity contribution in [2.24, 2.45) is 0 Å². The van der Waals surface area contributed by atoms with Crippen LogP contribution in [0.1, 0.15) is 0 Å². The smallest absolute Gasteiger partial charge is 0.124 e. The Bertz CT molecular complexity index is 971. The lowest BCUT2D eigenvalue weighted by Gasteiger charge is -2.09. The van der Waals surface area contributed by atoms with E-state index in [1.165, 1.54) is 17.5 Å². The highest BCUT2D eigenvalue weighted by Crippen LogP contribution is 2.38. The Kier molecular flexibility index (Phi) is 2.15. The Morgan fingerprint density at radius 2 is 1.25 bits per heavy atom. The van der Waals surface area contributed by atoms with Gasteiger partial charge in [-0.05, 0) is 51.9 Å². The van der Waals surface area contributed by atoms with E-state index >= 15 is 0 Å². The summed E-state index contributed by atoms with van der Waals surface area (Å²) in [6, 6.07) is 19.2. The molecule has 0 bridgehead atoms. The fourth-order valence-electron chi connectivity index (χ4n) is 2.83. The molecule has 0 aromatic heterocycles. The lowest BCUT2D eigenvalue weighted by Crippen LogP contribution is -1.81. The number of aromatic hydroxyl groups is 2. The van der Waals surface area contributed by atoms with Crippen molar-refractivity contribution in [3.63, 3.8) is 0 Å². The molecule has 0 amide bonds. The summed E-state index contributed by atoms with van der Waals surface area (Å²) < 4.78 is 0. The topological polar surface area (TPSA) is 40.5 Å². The first kappa shape index (κ1) is 11.1. The summed E-state index contributed by atoms with van der Waals surface area (Å²) in [5.74, 6) is 0.381. The summed E-state index contributed by atoms with van der Waals surface area (Å²) in [5, 5.41) is 25.8. The molecule has 0 spiro atoms. The number of hydrogen-bond donors (Lipinski definition) is 2. The number of rotatable bonds is 0. The van der Waals surface area contributed by atoms with Crippen molar-refractivity contribution in [3.8, 4) is 11.5 Å². The van der Waals surface area contributed by atoms with Crippen LogP contribution >= 0.6 is 0 Å². The fraction of sp³-hybridized carbons (Fsp3) is 0. The second kappa shape index (κ2) is 3.87. The summed E-state index contributed by atoms with van der Waals surface area (Å²) in [6.45, 7) is 0. The summed E-state index contributed by atoms with van der Waals surface area (Å²) in [6.07, 6.45) is 0. The standard InChI is InChI=1S/C18H12O2/c19-16-7-8-17(20)18-14(16)6-5-13-9-11-3-1-2-4-12(11)10-15(13)18/h1-10,19-20H. The first-order valence-electron chi connectivity index (χ1n) is 6.50. The highest BCUT2D eigenvalue weighted by Gasteiger charge is 2.09. The van der Waals surface area contributed by atoms with Gasteiger partial charge in [0.1, 0.15) is 11.5 Å². The van der Waals surface area contributed by atoms with Gasteiger partial charge in [-0.15, -0.1) is 0 Å². The summed E-state index contributed by atoms with van der Waals surface area (Å²) in [4.78, 5) is 0. The van der Waals surface area contributed by atoms with Crippen LogP contribution in [-0.4, -0.2) is 10.2 Å². The van der Waals surface area contributed by atoms with Gasteiger partial charge >= 0.3 is 0 Å². The minimum Gasteiger partial charge on any atom is -0.507 e. The van der Waals surface area contributed by atoms with Gasteiger partial charge in [0.2, 0.25) is 0 Å². The Balaban J connectivity index is 2.29. The Morgan fingerprint density at radius 1 is 0.550 bits per heavy atom. The van der Waals surface area contributed by atoms with Crippen molar-refractivity contribution in [2.75, 3.05) is 0 Å². The van der Waals surface area contributed by atoms with Gasteiger partial charge < -0.3 is 10.2 Å². The molecule has 0 aliphatic heterocycles. The lowest BCUT2D eigenvalue weighted by molar-refractivity contribution is 0.470. The molecular weight excluding hydrogens is 248 g/mol. The molecule has 2 heteroatoms. The van der Waals surface area contributed by atoms with Gasteiger partial charge in [-0.25, -0.2) is 0 Å². The van der Waals surface area contributed by atoms with E-state index in [1.54, 1.807) is 0 Å². The molecule has 0 heterocycles. The molecule has 0 atom stereocenters. The van der Waals surface area contributed by atoms with Crippen LogP contribution in [-0.2, 0) is 0 Å². The maximum Gasteiger partial charge on any atom is 0.124 e. The monoisotopic (exact) mass is 260 g/mol. The molecule has 0 saturated heterocycles. The normalized spacial score (nSPS) is 11.4. The van der Waals surface area contributed by atoms with Crippen LogP contribution in [0.15, 0.2) is 60.7 Å². The number of phenolic OH excluding ortho intramolecular Hbond substituents is 2. The van der Waals surface area contributed by atoms with E-state index in [0.717, 1.165) is 16.2 Å². The zero-order chi connectivity index (χ0) is 13.7. The molecule has 0 fully saturated rings. The van der Waals surface area contributed by atoms with E-state index < -0.39 is 0 Å². The van der Waals surface area contributed by atoms with Crippen LogP contribution in [0.3, 0.4) is 0 Å². The molecule has 4 rings (SSSR count). The molecule has 2 nitrogen and oxygen atoms in total. The number of fused-ring (bicyclic) bond motifs is 4. The second-order valence-corrected chi connectivity index (χ2v) is 5.01. The third kappa shape index (κ3) is 1.45. The van der Waals surface area contributed by atoms with Gasteiger partial charge in [-0.1, -0.05) is 30.3 Å². The molecule has 4 aromatic rings. The predicted molar refractivity (Wildman–Crippen MR) is 82.3 cm³/mol. The molecule has 20 heavy (non-hydrogen) atoms. The quantitative estimate of drug-likeness (QED) is 0.276. The molecule has 0 radical (unpaired) electrons. The minimum atomic E-state index is 0.188. The third-order valence-corrected chi connectivity index (χ3v) is 3.82. The molecule has 0 aliphatic carbocycles. The van der Waals surface area contributed by atoms with Crippen LogP contribution in [0, 0.1) is 0 Å². The van der Waals surface area contributed by atoms with Gasteiger partial charge in [0.15, 0.2) is 0 Å². The maximum absolute atomic E-state index is 10.2. The van der Waals surface area contributed by atoms with Gasteiger partial charge in [0.25, 0.3) is 0 Å². The van der Waals surface area contributed by atoms with Crippen molar-refractivity contribution in [3.05, 3.63) is 60.7 Å². The van der Waals surface area contributed by atoms with Crippen LogP contribution in [0.4, 0.5) is 0 Å². The maximum atomic E-state index is 10.2. The SMILES string of the molecule is Oc1ccc(O)c2c1ccc1cc3ccccc3cc12. The van der Waals surface area contributed by atoms with Gasteiger partial charge in [0, 0.05) is 10.8 Å². The number of phenols is 2. The first-order chi connectivity index (χ1) is 9.74. The lowest BCUT2D eigenvalue weighted by atomic mass is 9.97. The Labute approximate surface area is 115 Å². The van der Waals surface area contributed by atoms with Gasteiger partial charge in [-0.3, -0.25) is 0 Å². The second-order valence-electron chi connectivity index (χ2n) is 5.01. The molecule has 0 aliphatic rings. The molecule has 96 valence electrons. The van der Waals surface area contributed by atoms with E-state index in [4.69, 9.17) is 0 Å². The molecule has 2 N–H and O–H groups in total. The number of benzene rings is 4.